The summed E-state index contributed by atoms with van der Waals surface area (Å²) in [5, 5.41) is 23.5. The third-order valence-corrected chi connectivity index (χ3v) is 3.64. The zero-order valence-electron chi connectivity index (χ0n) is 10.2. The van der Waals surface area contributed by atoms with Gasteiger partial charge >= 0.3 is 5.69 Å². The van der Waals surface area contributed by atoms with E-state index in [-0.39, 0.29) is 18.6 Å². The molecule has 0 atom stereocenters. The summed E-state index contributed by atoms with van der Waals surface area (Å²) in [5.74, 6) is 0.191. The van der Waals surface area contributed by atoms with Crippen LogP contribution >= 0.6 is 0 Å². The molecule has 1 aromatic heterocycles. The molecule has 0 unspecified atom stereocenters. The SMILES string of the molecule is O=[N+]([O-])c1cnn(C2CCC(CO)CC2)c1C(F)F. The van der Waals surface area contributed by atoms with Crippen molar-refractivity contribution in [3.63, 3.8) is 0 Å². The van der Waals surface area contributed by atoms with Crippen LogP contribution in [-0.4, -0.2) is 26.4 Å². The quantitative estimate of drug-likeness (QED) is 0.676. The normalized spacial score (nSPS) is 23.8. The summed E-state index contributed by atoms with van der Waals surface area (Å²) in [5.41, 5.74) is -1.24. The minimum atomic E-state index is -2.92. The van der Waals surface area contributed by atoms with Crippen LogP contribution in [0.15, 0.2) is 6.20 Å². The molecular weight excluding hydrogens is 260 g/mol. The predicted octanol–water partition coefficient (Wildman–Crippen LogP) is 2.45. The van der Waals surface area contributed by atoms with Crippen LogP contribution in [0, 0.1) is 16.0 Å². The molecule has 0 aliphatic heterocycles. The Morgan fingerprint density at radius 2 is 2.11 bits per heavy atom. The zero-order valence-corrected chi connectivity index (χ0v) is 10.2. The number of hydrogen-bond donors (Lipinski definition) is 1. The van der Waals surface area contributed by atoms with E-state index in [2.05, 4.69) is 5.10 Å². The van der Waals surface area contributed by atoms with E-state index in [4.69, 9.17) is 5.11 Å². The number of aromatic nitrogens is 2. The minimum absolute atomic E-state index is 0.0910. The van der Waals surface area contributed by atoms with Crippen LogP contribution in [0.4, 0.5) is 14.5 Å². The van der Waals surface area contributed by atoms with E-state index in [1.165, 1.54) is 0 Å². The number of nitrogens with zero attached hydrogens (tertiary/aromatic N) is 3. The van der Waals surface area contributed by atoms with Crippen LogP contribution in [-0.2, 0) is 0 Å². The lowest BCUT2D eigenvalue weighted by Gasteiger charge is -2.28. The highest BCUT2D eigenvalue weighted by molar-refractivity contribution is 5.34. The number of aliphatic hydroxyl groups is 1. The molecule has 1 fully saturated rings. The smallest absolute Gasteiger partial charge is 0.316 e. The van der Waals surface area contributed by atoms with Gasteiger partial charge in [0.1, 0.15) is 6.20 Å². The van der Waals surface area contributed by atoms with Crippen LogP contribution in [0.2, 0.25) is 0 Å². The second-order valence-electron chi connectivity index (χ2n) is 4.77. The van der Waals surface area contributed by atoms with Crippen molar-refractivity contribution >= 4 is 5.69 Å². The van der Waals surface area contributed by atoms with Gasteiger partial charge in [-0.3, -0.25) is 14.8 Å². The molecule has 2 rings (SSSR count). The topological polar surface area (TPSA) is 81.2 Å². The van der Waals surface area contributed by atoms with Gasteiger partial charge in [-0.1, -0.05) is 0 Å². The van der Waals surface area contributed by atoms with Crippen molar-refractivity contribution in [2.75, 3.05) is 6.61 Å². The number of alkyl halides is 2. The lowest BCUT2D eigenvalue weighted by atomic mass is 9.86. The lowest BCUT2D eigenvalue weighted by molar-refractivity contribution is -0.386. The van der Waals surface area contributed by atoms with Crippen LogP contribution in [0.1, 0.15) is 43.8 Å². The first-order chi connectivity index (χ1) is 9.04. The Morgan fingerprint density at radius 1 is 1.47 bits per heavy atom. The van der Waals surface area contributed by atoms with Crippen molar-refractivity contribution in [3.05, 3.63) is 22.0 Å². The summed E-state index contributed by atoms with van der Waals surface area (Å²) in [6.45, 7) is 0.0910. The molecule has 0 bridgehead atoms. The third kappa shape index (κ3) is 2.73. The summed E-state index contributed by atoms with van der Waals surface area (Å²) < 4.78 is 27.0. The highest BCUT2D eigenvalue weighted by atomic mass is 19.3. The molecule has 1 aliphatic rings. The van der Waals surface area contributed by atoms with Crippen LogP contribution < -0.4 is 0 Å². The fourth-order valence-electron chi connectivity index (χ4n) is 2.58. The van der Waals surface area contributed by atoms with E-state index in [1.807, 2.05) is 0 Å². The lowest BCUT2D eigenvalue weighted by Crippen LogP contribution is -2.22. The molecule has 8 heteroatoms. The number of hydrogen-bond acceptors (Lipinski definition) is 4. The van der Waals surface area contributed by atoms with Crippen LogP contribution in [0.3, 0.4) is 0 Å². The monoisotopic (exact) mass is 275 g/mol. The molecule has 1 heterocycles. The maximum atomic E-state index is 13.0. The fraction of sp³-hybridized carbons (Fsp3) is 0.727. The first-order valence-electron chi connectivity index (χ1n) is 6.15. The molecule has 0 aromatic carbocycles. The second-order valence-corrected chi connectivity index (χ2v) is 4.77. The van der Waals surface area contributed by atoms with Gasteiger partial charge in [-0.05, 0) is 31.6 Å². The Bertz CT molecular complexity index is 456. The van der Waals surface area contributed by atoms with Crippen LogP contribution in [0.25, 0.3) is 0 Å². The number of nitro groups is 1. The standard InChI is InChI=1S/C11H15F2N3O3/c12-11(13)10-9(16(18)19)5-14-15(10)8-3-1-7(6-17)2-4-8/h5,7-8,11,17H,1-4,6H2. The van der Waals surface area contributed by atoms with E-state index in [0.29, 0.717) is 12.8 Å². The van der Waals surface area contributed by atoms with E-state index < -0.39 is 22.7 Å². The van der Waals surface area contributed by atoms with E-state index in [1.54, 1.807) is 0 Å². The Kier molecular flexibility index (Phi) is 4.08. The summed E-state index contributed by atoms with van der Waals surface area (Å²) in [6.07, 6.45) is 0.612. The van der Waals surface area contributed by atoms with Crippen LogP contribution in [0.5, 0.6) is 0 Å². The average Bonchev–Trinajstić information content (AvgIpc) is 2.83. The largest absolute Gasteiger partial charge is 0.396 e. The zero-order chi connectivity index (χ0) is 14.0. The summed E-state index contributed by atoms with van der Waals surface area (Å²) >= 11 is 0. The highest BCUT2D eigenvalue weighted by Crippen LogP contribution is 2.37. The molecule has 0 radical (unpaired) electrons. The Morgan fingerprint density at radius 3 is 2.58 bits per heavy atom. The van der Waals surface area contributed by atoms with E-state index in [9.17, 15) is 18.9 Å². The molecule has 1 N–H and O–H groups in total. The fourth-order valence-corrected chi connectivity index (χ4v) is 2.58. The van der Waals surface area contributed by atoms with Gasteiger partial charge < -0.3 is 5.11 Å². The van der Waals surface area contributed by atoms with Gasteiger partial charge in [0, 0.05) is 6.61 Å². The molecule has 19 heavy (non-hydrogen) atoms. The first-order valence-corrected chi connectivity index (χ1v) is 6.15. The van der Waals surface area contributed by atoms with Gasteiger partial charge in [0.05, 0.1) is 11.0 Å². The van der Waals surface area contributed by atoms with Gasteiger partial charge in [0.2, 0.25) is 0 Å². The number of halogens is 2. The van der Waals surface area contributed by atoms with Crippen molar-refractivity contribution in [3.8, 4) is 0 Å². The molecule has 0 spiro atoms. The maximum Gasteiger partial charge on any atom is 0.316 e. The van der Waals surface area contributed by atoms with Crippen molar-refractivity contribution in [1.82, 2.24) is 9.78 Å². The van der Waals surface area contributed by atoms with E-state index >= 15 is 0 Å². The average molecular weight is 275 g/mol. The van der Waals surface area contributed by atoms with Crippen molar-refractivity contribution in [1.29, 1.82) is 0 Å². The van der Waals surface area contributed by atoms with Crippen molar-refractivity contribution in [2.45, 2.75) is 38.2 Å². The molecule has 1 aliphatic carbocycles. The Balaban J connectivity index is 2.23. The van der Waals surface area contributed by atoms with Gasteiger partial charge in [-0.25, -0.2) is 8.78 Å². The Labute approximate surface area is 108 Å². The highest BCUT2D eigenvalue weighted by Gasteiger charge is 2.32. The molecule has 0 amide bonds. The van der Waals surface area contributed by atoms with Crippen molar-refractivity contribution in [2.24, 2.45) is 5.92 Å². The van der Waals surface area contributed by atoms with Gasteiger partial charge in [0.15, 0.2) is 5.69 Å². The minimum Gasteiger partial charge on any atom is -0.396 e. The summed E-state index contributed by atoms with van der Waals surface area (Å²) in [7, 11) is 0. The second kappa shape index (κ2) is 5.60. The van der Waals surface area contributed by atoms with E-state index in [0.717, 1.165) is 23.7 Å². The van der Waals surface area contributed by atoms with Crippen molar-refractivity contribution < 1.29 is 18.8 Å². The molecule has 1 saturated carbocycles. The number of aliphatic hydroxyl groups excluding tert-OH is 1. The van der Waals surface area contributed by atoms with Gasteiger partial charge in [0.25, 0.3) is 6.43 Å². The maximum absolute atomic E-state index is 13.0. The molecular formula is C11H15F2N3O3. The number of rotatable bonds is 4. The molecule has 6 nitrogen and oxygen atoms in total. The molecule has 106 valence electrons. The molecule has 0 saturated heterocycles. The summed E-state index contributed by atoms with van der Waals surface area (Å²) in [4.78, 5) is 9.88. The predicted molar refractivity (Wildman–Crippen MR) is 61.9 cm³/mol. The molecule has 1 aromatic rings. The first kappa shape index (κ1) is 13.9. The van der Waals surface area contributed by atoms with Gasteiger partial charge in [-0.2, -0.15) is 5.10 Å². The van der Waals surface area contributed by atoms with Gasteiger partial charge in [-0.15, -0.1) is 0 Å². The third-order valence-electron chi connectivity index (χ3n) is 3.64. The Hall–Kier alpha value is -1.57. The summed E-state index contributed by atoms with van der Waals surface area (Å²) in [6, 6.07) is -0.250.